The van der Waals surface area contributed by atoms with E-state index in [-0.39, 0.29) is 11.3 Å². The van der Waals surface area contributed by atoms with Crippen LogP contribution in [0.4, 0.5) is 0 Å². The number of amides is 1. The van der Waals surface area contributed by atoms with Gasteiger partial charge < -0.3 is 4.90 Å². The maximum absolute atomic E-state index is 12.5. The average Bonchev–Trinajstić information content (AvgIpc) is 2.96. The van der Waals surface area contributed by atoms with Gasteiger partial charge in [0.1, 0.15) is 0 Å². The van der Waals surface area contributed by atoms with Gasteiger partial charge in [0.15, 0.2) is 0 Å². The number of carbonyl (C=O) groups is 1. The fourth-order valence-electron chi connectivity index (χ4n) is 3.05. The van der Waals surface area contributed by atoms with Crippen molar-refractivity contribution in [1.29, 1.82) is 0 Å². The van der Waals surface area contributed by atoms with E-state index in [1.807, 2.05) is 0 Å². The smallest absolute Gasteiger partial charge is 0.226 e. The lowest BCUT2D eigenvalue weighted by molar-refractivity contribution is -0.136. The van der Waals surface area contributed by atoms with Crippen LogP contribution in [0.3, 0.4) is 0 Å². The fraction of sp³-hybridized carbons (Fsp3) is 0.929. The number of halogens is 1. The van der Waals surface area contributed by atoms with Gasteiger partial charge in [-0.25, -0.2) is 0 Å². The minimum Gasteiger partial charge on any atom is -0.338 e. The zero-order chi connectivity index (χ0) is 12.5. The van der Waals surface area contributed by atoms with Gasteiger partial charge in [-0.1, -0.05) is 33.1 Å². The molecule has 0 bridgehead atoms. The Morgan fingerprint density at radius 1 is 1.29 bits per heavy atom. The number of carbonyl (C=O) groups excluding carboxylic acids is 1. The maximum atomic E-state index is 12.5. The summed E-state index contributed by atoms with van der Waals surface area (Å²) in [6, 6.07) is 0.464. The minimum atomic E-state index is 0.232. The highest BCUT2D eigenvalue weighted by Crippen LogP contribution is 2.52. The average molecular weight is 258 g/mol. The first-order valence-electron chi connectivity index (χ1n) is 6.93. The van der Waals surface area contributed by atoms with E-state index in [1.54, 1.807) is 0 Å². The molecule has 0 spiro atoms. The lowest BCUT2D eigenvalue weighted by Crippen LogP contribution is -2.44. The Bertz CT molecular complexity index is 284. The van der Waals surface area contributed by atoms with Crippen molar-refractivity contribution in [2.75, 3.05) is 12.4 Å². The van der Waals surface area contributed by atoms with Crippen LogP contribution in [0.15, 0.2) is 0 Å². The Labute approximate surface area is 110 Å². The molecule has 3 heteroatoms. The zero-order valence-electron chi connectivity index (χ0n) is 11.0. The summed E-state index contributed by atoms with van der Waals surface area (Å²) in [7, 11) is 0. The van der Waals surface area contributed by atoms with Crippen molar-refractivity contribution in [3.05, 3.63) is 0 Å². The summed E-state index contributed by atoms with van der Waals surface area (Å²) in [5.41, 5.74) is 0.232. The molecule has 98 valence electrons. The van der Waals surface area contributed by atoms with Crippen molar-refractivity contribution < 1.29 is 4.79 Å². The van der Waals surface area contributed by atoms with Crippen LogP contribution < -0.4 is 0 Å². The first kappa shape index (κ1) is 13.2. The first-order chi connectivity index (χ1) is 8.06. The lowest BCUT2D eigenvalue weighted by Gasteiger charge is -2.34. The second-order valence-electron chi connectivity index (χ2n) is 6.26. The quantitative estimate of drug-likeness (QED) is 0.707. The zero-order valence-corrected chi connectivity index (χ0v) is 11.8. The number of nitrogens with zero attached hydrogens (tertiary/aromatic N) is 1. The molecule has 0 heterocycles. The Kier molecular flexibility index (Phi) is 4.02. The maximum Gasteiger partial charge on any atom is 0.226 e. The van der Waals surface area contributed by atoms with Crippen LogP contribution in [0, 0.1) is 11.3 Å². The summed E-state index contributed by atoms with van der Waals surface area (Å²) in [4.78, 5) is 14.6. The minimum absolute atomic E-state index is 0.232. The molecule has 17 heavy (non-hydrogen) atoms. The van der Waals surface area contributed by atoms with Crippen molar-refractivity contribution >= 4 is 17.5 Å². The van der Waals surface area contributed by atoms with E-state index in [0.717, 1.165) is 13.0 Å². The van der Waals surface area contributed by atoms with Crippen molar-refractivity contribution in [2.24, 2.45) is 11.3 Å². The van der Waals surface area contributed by atoms with Gasteiger partial charge in [0.05, 0.1) is 0 Å². The molecule has 0 aromatic heterocycles. The van der Waals surface area contributed by atoms with E-state index in [1.165, 1.54) is 32.1 Å². The third-order valence-electron chi connectivity index (χ3n) is 4.44. The second kappa shape index (κ2) is 5.17. The summed E-state index contributed by atoms with van der Waals surface area (Å²) in [5.74, 6) is 1.19. The van der Waals surface area contributed by atoms with E-state index < -0.39 is 0 Å². The van der Waals surface area contributed by atoms with Gasteiger partial charge in [-0.15, -0.1) is 11.6 Å². The van der Waals surface area contributed by atoms with Crippen molar-refractivity contribution in [1.82, 2.24) is 4.90 Å². The Hall–Kier alpha value is -0.240. The molecule has 1 amide bonds. The first-order valence-corrected chi connectivity index (χ1v) is 7.46. The summed E-state index contributed by atoms with van der Waals surface area (Å²) in [5, 5.41) is 0. The van der Waals surface area contributed by atoms with E-state index >= 15 is 0 Å². The summed E-state index contributed by atoms with van der Waals surface area (Å²) in [6.07, 6.45) is 7.27. The molecule has 2 fully saturated rings. The van der Waals surface area contributed by atoms with Crippen LogP contribution in [-0.4, -0.2) is 29.3 Å². The number of hydrogen-bond acceptors (Lipinski definition) is 1. The van der Waals surface area contributed by atoms with E-state index in [0.29, 0.717) is 17.8 Å². The summed E-state index contributed by atoms with van der Waals surface area (Å²) < 4.78 is 0. The molecule has 0 aromatic carbocycles. The molecule has 1 atom stereocenters. The van der Waals surface area contributed by atoms with Crippen LogP contribution >= 0.6 is 11.6 Å². The Morgan fingerprint density at radius 2 is 1.88 bits per heavy atom. The normalized spacial score (nSPS) is 27.8. The van der Waals surface area contributed by atoms with E-state index in [9.17, 15) is 4.79 Å². The monoisotopic (exact) mass is 257 g/mol. The second-order valence-corrected chi connectivity index (χ2v) is 6.64. The van der Waals surface area contributed by atoms with Gasteiger partial charge in [-0.3, -0.25) is 4.79 Å². The van der Waals surface area contributed by atoms with Crippen LogP contribution in [0.25, 0.3) is 0 Å². The van der Waals surface area contributed by atoms with Crippen LogP contribution in [0.1, 0.15) is 52.4 Å². The molecule has 0 saturated heterocycles. The summed E-state index contributed by atoms with van der Waals surface area (Å²) in [6.45, 7) is 5.11. The number of alkyl halides is 1. The van der Waals surface area contributed by atoms with Crippen LogP contribution in [0.5, 0.6) is 0 Å². The highest BCUT2D eigenvalue weighted by atomic mass is 35.5. The summed E-state index contributed by atoms with van der Waals surface area (Å²) >= 11 is 5.86. The SMILES string of the molecule is CC1(C)CC1C(=O)N(CCCl)C1CCCCC1. The molecule has 0 N–H and O–H groups in total. The van der Waals surface area contributed by atoms with Crippen molar-refractivity contribution in [3.8, 4) is 0 Å². The van der Waals surface area contributed by atoms with Gasteiger partial charge in [0.2, 0.25) is 5.91 Å². The molecule has 1 unspecified atom stereocenters. The molecule has 2 rings (SSSR count). The largest absolute Gasteiger partial charge is 0.338 e. The van der Waals surface area contributed by atoms with Crippen molar-refractivity contribution in [3.63, 3.8) is 0 Å². The lowest BCUT2D eigenvalue weighted by atomic mass is 9.93. The fourth-order valence-corrected chi connectivity index (χ4v) is 3.23. The number of hydrogen-bond donors (Lipinski definition) is 0. The molecule has 0 radical (unpaired) electrons. The molecule has 0 aromatic rings. The molecule has 2 nitrogen and oxygen atoms in total. The van der Waals surface area contributed by atoms with Crippen molar-refractivity contribution in [2.45, 2.75) is 58.4 Å². The third kappa shape index (κ3) is 2.96. The standard InChI is InChI=1S/C14H24ClNO/c1-14(2)10-12(14)13(17)16(9-8-15)11-6-4-3-5-7-11/h11-12H,3-10H2,1-2H3. The van der Waals surface area contributed by atoms with Gasteiger partial charge >= 0.3 is 0 Å². The molecular formula is C14H24ClNO. The Balaban J connectivity index is 1.98. The topological polar surface area (TPSA) is 20.3 Å². The van der Waals surface area contributed by atoms with Crippen LogP contribution in [0.2, 0.25) is 0 Å². The highest BCUT2D eigenvalue weighted by molar-refractivity contribution is 6.18. The van der Waals surface area contributed by atoms with E-state index in [4.69, 9.17) is 11.6 Å². The van der Waals surface area contributed by atoms with E-state index in [2.05, 4.69) is 18.7 Å². The predicted molar refractivity (Wildman–Crippen MR) is 71.2 cm³/mol. The Morgan fingerprint density at radius 3 is 2.35 bits per heavy atom. The molecule has 2 aliphatic carbocycles. The van der Waals surface area contributed by atoms with Gasteiger partial charge in [0.25, 0.3) is 0 Å². The number of rotatable bonds is 4. The molecule has 2 aliphatic rings. The molecule has 0 aliphatic heterocycles. The van der Waals surface area contributed by atoms with Gasteiger partial charge in [0, 0.05) is 24.4 Å². The third-order valence-corrected chi connectivity index (χ3v) is 4.60. The predicted octanol–water partition coefficient (Wildman–Crippen LogP) is 3.43. The van der Waals surface area contributed by atoms with Gasteiger partial charge in [-0.05, 0) is 24.7 Å². The molecular weight excluding hydrogens is 234 g/mol. The molecule has 2 saturated carbocycles. The van der Waals surface area contributed by atoms with Crippen LogP contribution in [-0.2, 0) is 4.79 Å². The highest BCUT2D eigenvalue weighted by Gasteiger charge is 2.52. The van der Waals surface area contributed by atoms with Gasteiger partial charge in [-0.2, -0.15) is 0 Å².